The Morgan fingerprint density at radius 1 is 1.12 bits per heavy atom. The Kier molecular flexibility index (Phi) is 4.19. The molecule has 7 heteroatoms. The van der Waals surface area contributed by atoms with Crippen molar-refractivity contribution in [1.29, 1.82) is 0 Å². The van der Waals surface area contributed by atoms with E-state index in [2.05, 4.69) is 10.2 Å². The molecule has 1 heterocycles. The lowest BCUT2D eigenvalue weighted by molar-refractivity contribution is 0.256. The number of urea groups is 1. The molecule has 0 unspecified atom stereocenters. The zero-order valence-electron chi connectivity index (χ0n) is 13.5. The van der Waals surface area contributed by atoms with E-state index in [0.29, 0.717) is 5.69 Å². The summed E-state index contributed by atoms with van der Waals surface area (Å²) in [7, 11) is -1.87. The number of carbonyl (C=O) groups is 1. The van der Waals surface area contributed by atoms with Gasteiger partial charge < -0.3 is 10.2 Å². The van der Waals surface area contributed by atoms with E-state index in [0.717, 1.165) is 29.8 Å². The van der Waals surface area contributed by atoms with Crippen molar-refractivity contribution in [3.63, 3.8) is 0 Å². The number of hydrogen-bond donors (Lipinski definition) is 2. The largest absolute Gasteiger partial charge is 0.374 e. The molecule has 0 spiro atoms. The standard InChI is InChI=1S/C17H19N3O3S/c1-12-3-6-15(7-4-12)24(22,23)19-17(21)18-14-5-8-16-13(11-14)9-10-20(16)2/h3-8,11H,9-10H2,1-2H3,(H2,18,19,21). The minimum Gasteiger partial charge on any atom is -0.374 e. The van der Waals surface area contributed by atoms with Crippen LogP contribution in [0.5, 0.6) is 0 Å². The first-order chi connectivity index (χ1) is 11.3. The van der Waals surface area contributed by atoms with Crippen LogP contribution >= 0.6 is 0 Å². The SMILES string of the molecule is Cc1ccc(S(=O)(=O)NC(=O)Nc2ccc3c(c2)CCN3C)cc1. The number of sulfonamides is 1. The smallest absolute Gasteiger partial charge is 0.333 e. The average molecular weight is 345 g/mol. The second kappa shape index (κ2) is 6.16. The topological polar surface area (TPSA) is 78.5 Å². The fraction of sp³-hybridized carbons (Fsp3) is 0.235. The van der Waals surface area contributed by atoms with Crippen LogP contribution in [0, 0.1) is 6.92 Å². The molecular weight excluding hydrogens is 326 g/mol. The zero-order valence-corrected chi connectivity index (χ0v) is 14.4. The number of carbonyl (C=O) groups excluding carboxylic acids is 1. The number of amides is 2. The quantitative estimate of drug-likeness (QED) is 0.896. The van der Waals surface area contributed by atoms with Crippen molar-refractivity contribution in [1.82, 2.24) is 4.72 Å². The normalized spacial score (nSPS) is 13.5. The van der Waals surface area contributed by atoms with Gasteiger partial charge in [-0.05, 0) is 49.2 Å². The molecule has 0 saturated carbocycles. The Hall–Kier alpha value is -2.54. The molecule has 2 aromatic rings. The summed E-state index contributed by atoms with van der Waals surface area (Å²) in [5.41, 5.74) is 3.78. The number of hydrogen-bond acceptors (Lipinski definition) is 4. The lowest BCUT2D eigenvalue weighted by Gasteiger charge is -2.13. The summed E-state index contributed by atoms with van der Waals surface area (Å²) in [6.45, 7) is 2.80. The summed E-state index contributed by atoms with van der Waals surface area (Å²) in [5, 5.41) is 2.58. The minimum absolute atomic E-state index is 0.0545. The molecule has 0 aliphatic carbocycles. The molecule has 2 aromatic carbocycles. The third-order valence-corrected chi connectivity index (χ3v) is 5.37. The van der Waals surface area contributed by atoms with Crippen LogP contribution in [-0.2, 0) is 16.4 Å². The van der Waals surface area contributed by atoms with E-state index >= 15 is 0 Å². The van der Waals surface area contributed by atoms with E-state index < -0.39 is 16.1 Å². The third kappa shape index (κ3) is 3.35. The molecular formula is C17H19N3O3S. The average Bonchev–Trinajstić information content (AvgIpc) is 2.88. The fourth-order valence-corrected chi connectivity index (χ4v) is 3.61. The fourth-order valence-electron chi connectivity index (χ4n) is 2.70. The molecule has 1 aliphatic rings. The molecule has 0 aromatic heterocycles. The van der Waals surface area contributed by atoms with Gasteiger partial charge in [0.1, 0.15) is 0 Å². The molecule has 0 fully saturated rings. The second-order valence-corrected chi connectivity index (χ2v) is 7.57. The van der Waals surface area contributed by atoms with Crippen molar-refractivity contribution in [2.24, 2.45) is 0 Å². The second-order valence-electron chi connectivity index (χ2n) is 5.89. The van der Waals surface area contributed by atoms with E-state index in [1.807, 2.05) is 30.8 Å². The van der Waals surface area contributed by atoms with Crippen molar-refractivity contribution < 1.29 is 13.2 Å². The highest BCUT2D eigenvalue weighted by Crippen LogP contribution is 2.29. The maximum absolute atomic E-state index is 12.2. The number of aryl methyl sites for hydroxylation is 1. The summed E-state index contributed by atoms with van der Waals surface area (Å²) in [4.78, 5) is 14.2. The van der Waals surface area contributed by atoms with Crippen molar-refractivity contribution in [3.05, 3.63) is 53.6 Å². The molecule has 3 rings (SSSR count). The van der Waals surface area contributed by atoms with E-state index in [4.69, 9.17) is 0 Å². The van der Waals surface area contributed by atoms with Gasteiger partial charge in [-0.15, -0.1) is 0 Å². The van der Waals surface area contributed by atoms with Gasteiger partial charge in [-0.3, -0.25) is 0 Å². The molecule has 0 atom stereocenters. The first-order valence-electron chi connectivity index (χ1n) is 7.60. The molecule has 0 saturated heterocycles. The summed E-state index contributed by atoms with van der Waals surface area (Å²) >= 11 is 0. The third-order valence-electron chi connectivity index (χ3n) is 4.02. The molecule has 0 bridgehead atoms. The molecule has 2 amide bonds. The predicted octanol–water partition coefficient (Wildman–Crippen LogP) is 2.50. The van der Waals surface area contributed by atoms with E-state index in [-0.39, 0.29) is 4.90 Å². The first kappa shape index (κ1) is 16.3. The monoisotopic (exact) mass is 345 g/mol. The summed E-state index contributed by atoms with van der Waals surface area (Å²) in [5.74, 6) is 0. The van der Waals surface area contributed by atoms with Gasteiger partial charge in [0.2, 0.25) is 0 Å². The van der Waals surface area contributed by atoms with Gasteiger partial charge in [-0.25, -0.2) is 17.9 Å². The van der Waals surface area contributed by atoms with Crippen molar-refractivity contribution >= 4 is 27.4 Å². The van der Waals surface area contributed by atoms with Gasteiger partial charge in [-0.1, -0.05) is 17.7 Å². The Balaban J connectivity index is 1.70. The Bertz CT molecular complexity index is 876. The molecule has 24 heavy (non-hydrogen) atoms. The van der Waals surface area contributed by atoms with E-state index in [9.17, 15) is 13.2 Å². The van der Waals surface area contributed by atoms with Crippen molar-refractivity contribution in [2.45, 2.75) is 18.2 Å². The number of nitrogens with zero attached hydrogens (tertiary/aromatic N) is 1. The van der Waals surface area contributed by atoms with Crippen LogP contribution in [0.3, 0.4) is 0 Å². The van der Waals surface area contributed by atoms with Gasteiger partial charge in [-0.2, -0.15) is 0 Å². The number of nitrogens with one attached hydrogen (secondary N) is 2. The molecule has 0 radical (unpaired) electrons. The lowest BCUT2D eigenvalue weighted by atomic mass is 10.1. The van der Waals surface area contributed by atoms with Crippen LogP contribution in [0.1, 0.15) is 11.1 Å². The van der Waals surface area contributed by atoms with Crippen LogP contribution < -0.4 is 14.9 Å². The number of fused-ring (bicyclic) bond motifs is 1. The van der Waals surface area contributed by atoms with Gasteiger partial charge in [0.15, 0.2) is 0 Å². The van der Waals surface area contributed by atoms with Crippen LogP contribution in [0.25, 0.3) is 0 Å². The zero-order chi connectivity index (χ0) is 17.3. The maximum atomic E-state index is 12.2. The summed E-state index contributed by atoms with van der Waals surface area (Å²) in [6, 6.07) is 11.1. The molecule has 1 aliphatic heterocycles. The molecule has 126 valence electrons. The maximum Gasteiger partial charge on any atom is 0.333 e. The number of benzene rings is 2. The van der Waals surface area contributed by atoms with Gasteiger partial charge in [0.25, 0.3) is 10.0 Å². The van der Waals surface area contributed by atoms with Crippen LogP contribution in [0.15, 0.2) is 47.4 Å². The van der Waals surface area contributed by atoms with E-state index in [1.54, 1.807) is 18.2 Å². The van der Waals surface area contributed by atoms with Gasteiger partial charge in [0, 0.05) is 25.0 Å². The lowest BCUT2D eigenvalue weighted by Crippen LogP contribution is -2.34. The Morgan fingerprint density at radius 2 is 1.83 bits per heavy atom. The van der Waals surface area contributed by atoms with Crippen LogP contribution in [-0.4, -0.2) is 28.0 Å². The summed E-state index contributed by atoms with van der Waals surface area (Å²) in [6.07, 6.45) is 0.907. The predicted molar refractivity (Wildman–Crippen MR) is 93.9 cm³/mol. The molecule has 6 nitrogen and oxygen atoms in total. The number of likely N-dealkylation sites (N-methyl/N-ethyl adjacent to an activating group) is 1. The van der Waals surface area contributed by atoms with Gasteiger partial charge in [0.05, 0.1) is 4.90 Å². The number of anilines is 2. The van der Waals surface area contributed by atoms with Crippen molar-refractivity contribution in [2.75, 3.05) is 23.8 Å². The van der Waals surface area contributed by atoms with Gasteiger partial charge >= 0.3 is 6.03 Å². The Morgan fingerprint density at radius 3 is 2.54 bits per heavy atom. The van der Waals surface area contributed by atoms with Crippen LogP contribution in [0.2, 0.25) is 0 Å². The highest BCUT2D eigenvalue weighted by molar-refractivity contribution is 7.90. The minimum atomic E-state index is -3.89. The Labute approximate surface area is 141 Å². The summed E-state index contributed by atoms with van der Waals surface area (Å²) < 4.78 is 26.4. The van der Waals surface area contributed by atoms with Crippen molar-refractivity contribution in [3.8, 4) is 0 Å². The molecule has 2 N–H and O–H groups in total. The number of rotatable bonds is 3. The highest BCUT2D eigenvalue weighted by Gasteiger charge is 2.19. The van der Waals surface area contributed by atoms with E-state index in [1.165, 1.54) is 12.1 Å². The highest BCUT2D eigenvalue weighted by atomic mass is 32.2. The van der Waals surface area contributed by atoms with Crippen LogP contribution in [0.4, 0.5) is 16.2 Å². The first-order valence-corrected chi connectivity index (χ1v) is 9.08.